The van der Waals surface area contributed by atoms with Crippen LogP contribution in [0.5, 0.6) is 0 Å². The zero-order valence-corrected chi connectivity index (χ0v) is 16.9. The molecule has 0 aliphatic rings. The molecule has 4 nitrogen and oxygen atoms in total. The van der Waals surface area contributed by atoms with Crippen molar-refractivity contribution in [2.24, 2.45) is 0 Å². The van der Waals surface area contributed by atoms with E-state index in [0.29, 0.717) is 11.6 Å². The highest BCUT2D eigenvalue weighted by molar-refractivity contribution is 8.00. The molecule has 0 fully saturated rings. The van der Waals surface area contributed by atoms with Gasteiger partial charge in [0.15, 0.2) is 9.47 Å². The van der Waals surface area contributed by atoms with E-state index in [0.717, 1.165) is 36.8 Å². The number of rotatable bonds is 5. The highest BCUT2D eigenvalue weighted by Gasteiger charge is 2.13. The summed E-state index contributed by atoms with van der Waals surface area (Å²) < 4.78 is 3.27. The number of fused-ring (bicyclic) bond motifs is 3. The fourth-order valence-electron chi connectivity index (χ4n) is 2.74. The Bertz CT molecular complexity index is 1080. The first-order valence-electron chi connectivity index (χ1n) is 8.28. The second kappa shape index (κ2) is 7.34. The van der Waals surface area contributed by atoms with Crippen LogP contribution in [0.1, 0.15) is 18.1 Å². The lowest BCUT2D eigenvalue weighted by Crippen LogP contribution is -2.14. The predicted octanol–water partition coefficient (Wildman–Crippen LogP) is 5.37. The first-order chi connectivity index (χ1) is 12.7. The lowest BCUT2D eigenvalue weighted by molar-refractivity contribution is -0.115. The number of hydrogen-bond donors (Lipinski definition) is 1. The van der Waals surface area contributed by atoms with Crippen LogP contribution in [-0.4, -0.2) is 22.1 Å². The van der Waals surface area contributed by atoms with Crippen LogP contribution in [-0.2, 0) is 17.6 Å². The molecule has 1 amide bonds. The number of benzene rings is 2. The van der Waals surface area contributed by atoms with E-state index in [9.17, 15) is 4.79 Å². The predicted molar refractivity (Wildman–Crippen MR) is 113 cm³/mol. The molecule has 4 aromatic rings. The maximum absolute atomic E-state index is 12.4. The van der Waals surface area contributed by atoms with Gasteiger partial charge in [-0.2, -0.15) is 0 Å². The molecule has 4 rings (SSSR count). The third-order valence-corrected chi connectivity index (χ3v) is 7.32. The SMILES string of the molecule is CCc1ccc(CC(=O)Nc2nc3ccc4nc(SC)sc4c3s2)cc1. The van der Waals surface area contributed by atoms with E-state index in [-0.39, 0.29) is 5.91 Å². The molecule has 0 bridgehead atoms. The normalized spacial score (nSPS) is 11.3. The van der Waals surface area contributed by atoms with Gasteiger partial charge in [-0.3, -0.25) is 4.79 Å². The van der Waals surface area contributed by atoms with Crippen LogP contribution in [0.25, 0.3) is 20.4 Å². The standard InChI is InChI=1S/C19H17N3OS3/c1-3-11-4-6-12(7-5-11)10-15(23)22-18-20-13-8-9-14-17(16(13)25-18)26-19(21-14)24-2/h4-9H,3,10H2,1-2H3,(H,20,22,23). The van der Waals surface area contributed by atoms with Gasteiger partial charge in [-0.05, 0) is 35.9 Å². The molecule has 7 heteroatoms. The largest absolute Gasteiger partial charge is 0.302 e. The highest BCUT2D eigenvalue weighted by atomic mass is 32.2. The molecule has 0 aliphatic heterocycles. The minimum atomic E-state index is -0.0429. The van der Waals surface area contributed by atoms with Gasteiger partial charge >= 0.3 is 0 Å². The Kier molecular flexibility index (Phi) is 4.93. The number of thioether (sulfide) groups is 1. The smallest absolute Gasteiger partial charge is 0.230 e. The molecule has 2 aromatic carbocycles. The van der Waals surface area contributed by atoms with E-state index >= 15 is 0 Å². The first-order valence-corrected chi connectivity index (χ1v) is 11.1. The Morgan fingerprint density at radius 3 is 2.35 bits per heavy atom. The third-order valence-electron chi connectivity index (χ3n) is 4.11. The van der Waals surface area contributed by atoms with Crippen LogP contribution < -0.4 is 5.32 Å². The maximum Gasteiger partial charge on any atom is 0.230 e. The monoisotopic (exact) mass is 399 g/mol. The van der Waals surface area contributed by atoms with Crippen molar-refractivity contribution in [3.63, 3.8) is 0 Å². The summed E-state index contributed by atoms with van der Waals surface area (Å²) in [4.78, 5) is 21.5. The summed E-state index contributed by atoms with van der Waals surface area (Å²) in [5.41, 5.74) is 4.18. The average Bonchev–Trinajstić information content (AvgIpc) is 3.24. The molecule has 0 saturated carbocycles. The van der Waals surface area contributed by atoms with Crippen LogP contribution in [0.2, 0.25) is 0 Å². The van der Waals surface area contributed by atoms with E-state index in [2.05, 4.69) is 34.3 Å². The van der Waals surface area contributed by atoms with Crippen molar-refractivity contribution in [1.29, 1.82) is 0 Å². The van der Waals surface area contributed by atoms with Gasteiger partial charge in [-0.25, -0.2) is 9.97 Å². The van der Waals surface area contributed by atoms with Crippen LogP contribution >= 0.6 is 34.4 Å². The Balaban J connectivity index is 1.55. The molecule has 0 atom stereocenters. The van der Waals surface area contributed by atoms with Gasteiger partial charge in [0.05, 0.1) is 26.9 Å². The zero-order valence-electron chi connectivity index (χ0n) is 14.4. The zero-order chi connectivity index (χ0) is 18.1. The van der Waals surface area contributed by atoms with Crippen molar-refractivity contribution < 1.29 is 4.79 Å². The lowest BCUT2D eigenvalue weighted by atomic mass is 10.1. The van der Waals surface area contributed by atoms with Crippen LogP contribution in [0.3, 0.4) is 0 Å². The molecule has 0 unspecified atom stereocenters. The molecule has 0 saturated heterocycles. The van der Waals surface area contributed by atoms with Crippen molar-refractivity contribution in [3.05, 3.63) is 47.5 Å². The lowest BCUT2D eigenvalue weighted by Gasteiger charge is -2.03. The summed E-state index contributed by atoms with van der Waals surface area (Å²) in [7, 11) is 0. The van der Waals surface area contributed by atoms with Crippen LogP contribution in [0, 0.1) is 0 Å². The Labute approximate surface area is 163 Å². The van der Waals surface area contributed by atoms with Crippen molar-refractivity contribution in [1.82, 2.24) is 9.97 Å². The first kappa shape index (κ1) is 17.5. The average molecular weight is 400 g/mol. The Morgan fingerprint density at radius 1 is 1.00 bits per heavy atom. The molecule has 0 radical (unpaired) electrons. The third kappa shape index (κ3) is 3.47. The van der Waals surface area contributed by atoms with Crippen molar-refractivity contribution >= 4 is 65.9 Å². The summed E-state index contributed by atoms with van der Waals surface area (Å²) in [5, 5.41) is 3.58. The summed E-state index contributed by atoms with van der Waals surface area (Å²) in [5.74, 6) is -0.0429. The van der Waals surface area contributed by atoms with E-state index in [1.165, 1.54) is 16.9 Å². The number of anilines is 1. The number of hydrogen-bond acceptors (Lipinski definition) is 6. The molecular weight excluding hydrogens is 382 g/mol. The number of nitrogens with zero attached hydrogens (tertiary/aromatic N) is 2. The Hall–Kier alpha value is -1.96. The van der Waals surface area contributed by atoms with Crippen LogP contribution in [0.15, 0.2) is 40.7 Å². The fraction of sp³-hybridized carbons (Fsp3) is 0.211. The van der Waals surface area contributed by atoms with Gasteiger partial charge in [0, 0.05) is 0 Å². The van der Waals surface area contributed by atoms with Gasteiger partial charge in [0.1, 0.15) is 0 Å². The molecule has 1 N–H and O–H groups in total. The van der Waals surface area contributed by atoms with Gasteiger partial charge in [0.25, 0.3) is 0 Å². The second-order valence-electron chi connectivity index (χ2n) is 5.86. The van der Waals surface area contributed by atoms with E-state index < -0.39 is 0 Å². The number of nitrogens with one attached hydrogen (secondary N) is 1. The van der Waals surface area contributed by atoms with E-state index in [1.54, 1.807) is 23.1 Å². The van der Waals surface area contributed by atoms with Gasteiger partial charge < -0.3 is 5.32 Å². The summed E-state index contributed by atoms with van der Waals surface area (Å²) >= 11 is 4.83. The maximum atomic E-state index is 12.4. The number of aromatic nitrogens is 2. The molecule has 132 valence electrons. The van der Waals surface area contributed by atoms with E-state index in [1.807, 2.05) is 30.5 Å². The molecular formula is C19H17N3OS3. The minimum absolute atomic E-state index is 0.0429. The Morgan fingerprint density at radius 2 is 1.65 bits per heavy atom. The van der Waals surface area contributed by atoms with Crippen molar-refractivity contribution in [3.8, 4) is 0 Å². The number of aryl methyl sites for hydroxylation is 1. The second-order valence-corrected chi connectivity index (χ2v) is 8.91. The van der Waals surface area contributed by atoms with Gasteiger partial charge in [-0.1, -0.05) is 54.3 Å². The topological polar surface area (TPSA) is 54.9 Å². The quantitative estimate of drug-likeness (QED) is 0.458. The van der Waals surface area contributed by atoms with Gasteiger partial charge in [-0.15, -0.1) is 11.3 Å². The van der Waals surface area contributed by atoms with Crippen molar-refractivity contribution in [2.45, 2.75) is 24.1 Å². The summed E-state index contributed by atoms with van der Waals surface area (Å²) in [6.45, 7) is 2.12. The van der Waals surface area contributed by atoms with Crippen molar-refractivity contribution in [2.75, 3.05) is 11.6 Å². The molecule has 0 spiro atoms. The highest BCUT2D eigenvalue weighted by Crippen LogP contribution is 2.37. The molecule has 26 heavy (non-hydrogen) atoms. The number of thiazole rings is 2. The fourth-order valence-corrected chi connectivity index (χ4v) is 5.41. The molecule has 2 aromatic heterocycles. The van der Waals surface area contributed by atoms with E-state index in [4.69, 9.17) is 0 Å². The van der Waals surface area contributed by atoms with Crippen LogP contribution in [0.4, 0.5) is 5.13 Å². The number of carbonyl (C=O) groups excluding carboxylic acids is 1. The number of amides is 1. The number of carbonyl (C=O) groups is 1. The minimum Gasteiger partial charge on any atom is -0.302 e. The summed E-state index contributed by atoms with van der Waals surface area (Å²) in [6.07, 6.45) is 3.38. The molecule has 0 aliphatic carbocycles. The van der Waals surface area contributed by atoms with Gasteiger partial charge in [0.2, 0.25) is 5.91 Å². The molecule has 2 heterocycles. The summed E-state index contributed by atoms with van der Waals surface area (Å²) in [6, 6.07) is 12.1.